The molecule has 0 bridgehead atoms. The molecule has 13 heavy (non-hydrogen) atoms. The van der Waals surface area contributed by atoms with E-state index in [9.17, 15) is 0 Å². The molecule has 0 aliphatic heterocycles. The van der Waals surface area contributed by atoms with E-state index in [-0.39, 0.29) is 0 Å². The van der Waals surface area contributed by atoms with Gasteiger partial charge in [0.1, 0.15) is 0 Å². The van der Waals surface area contributed by atoms with E-state index in [0.717, 1.165) is 10.8 Å². The highest BCUT2D eigenvalue weighted by Gasteiger charge is 2.46. The fourth-order valence-corrected chi connectivity index (χ4v) is 2.26. The summed E-state index contributed by atoms with van der Waals surface area (Å²) >= 11 is 1.76. The summed E-state index contributed by atoms with van der Waals surface area (Å²) in [4.78, 5) is 5.78. The van der Waals surface area contributed by atoms with Gasteiger partial charge in [0.15, 0.2) is 5.13 Å². The molecule has 1 fully saturated rings. The lowest BCUT2D eigenvalue weighted by molar-refractivity contribution is 0.630. The molecule has 3 heteroatoms. The molecule has 72 valence electrons. The molecule has 1 saturated carbocycles. The third kappa shape index (κ3) is 1.70. The maximum absolute atomic E-state index is 4.46. The Kier molecular flexibility index (Phi) is 1.88. The number of hydrogen-bond acceptors (Lipinski definition) is 3. The molecule has 2 nitrogen and oxygen atoms in total. The average Bonchev–Trinajstić information content (AvgIpc) is 2.44. The van der Waals surface area contributed by atoms with Gasteiger partial charge in [0.05, 0.1) is 5.69 Å². The first kappa shape index (κ1) is 9.00. The van der Waals surface area contributed by atoms with E-state index in [1.54, 1.807) is 11.3 Å². The zero-order chi connectivity index (χ0) is 9.64. The molecule has 1 aromatic heterocycles. The molecule has 0 radical (unpaired) electrons. The van der Waals surface area contributed by atoms with Gasteiger partial charge in [0.25, 0.3) is 0 Å². The summed E-state index contributed by atoms with van der Waals surface area (Å²) in [6.45, 7) is 8.77. The van der Waals surface area contributed by atoms with Crippen molar-refractivity contribution in [1.29, 1.82) is 0 Å². The number of rotatable bonds is 2. The summed E-state index contributed by atoms with van der Waals surface area (Å²) in [7, 11) is 0. The number of thiazole rings is 1. The van der Waals surface area contributed by atoms with Crippen molar-refractivity contribution >= 4 is 16.5 Å². The van der Waals surface area contributed by atoms with Gasteiger partial charge in [-0.2, -0.15) is 0 Å². The molecule has 0 saturated heterocycles. The number of aryl methyl sites for hydroxylation is 2. The van der Waals surface area contributed by atoms with Crippen LogP contribution in [0.3, 0.4) is 0 Å². The van der Waals surface area contributed by atoms with Crippen molar-refractivity contribution in [1.82, 2.24) is 4.98 Å². The van der Waals surface area contributed by atoms with Crippen LogP contribution in [0.25, 0.3) is 0 Å². The minimum Gasteiger partial charge on any atom is -0.358 e. The Hall–Kier alpha value is -0.570. The molecule has 1 heterocycles. The van der Waals surface area contributed by atoms with E-state index in [2.05, 4.69) is 38.0 Å². The number of anilines is 1. The minimum atomic E-state index is 0.480. The molecule has 1 N–H and O–H groups in total. The van der Waals surface area contributed by atoms with Crippen molar-refractivity contribution in [3.05, 3.63) is 10.6 Å². The molecular formula is C10H16N2S. The van der Waals surface area contributed by atoms with Crippen molar-refractivity contribution in [3.8, 4) is 0 Å². The van der Waals surface area contributed by atoms with E-state index in [1.807, 2.05) is 0 Å². The van der Waals surface area contributed by atoms with Crippen LogP contribution in [0.15, 0.2) is 0 Å². The van der Waals surface area contributed by atoms with Gasteiger partial charge >= 0.3 is 0 Å². The van der Waals surface area contributed by atoms with Gasteiger partial charge in [-0.3, -0.25) is 0 Å². The van der Waals surface area contributed by atoms with Gasteiger partial charge in [-0.25, -0.2) is 4.98 Å². The van der Waals surface area contributed by atoms with Crippen LogP contribution in [0.4, 0.5) is 5.13 Å². The van der Waals surface area contributed by atoms with E-state index in [0.29, 0.717) is 11.5 Å². The van der Waals surface area contributed by atoms with Crippen molar-refractivity contribution in [2.24, 2.45) is 5.41 Å². The number of nitrogens with one attached hydrogen (secondary N) is 1. The first-order valence-electron chi connectivity index (χ1n) is 4.69. The summed E-state index contributed by atoms with van der Waals surface area (Å²) in [6.07, 6.45) is 1.27. The first-order valence-corrected chi connectivity index (χ1v) is 5.51. The van der Waals surface area contributed by atoms with Crippen molar-refractivity contribution in [3.63, 3.8) is 0 Å². The largest absolute Gasteiger partial charge is 0.358 e. The highest BCUT2D eigenvalue weighted by Crippen LogP contribution is 2.46. The topological polar surface area (TPSA) is 24.9 Å². The fourth-order valence-electron chi connectivity index (χ4n) is 1.40. The van der Waals surface area contributed by atoms with Gasteiger partial charge in [-0.15, -0.1) is 11.3 Å². The second-order valence-electron chi connectivity index (χ2n) is 4.55. The zero-order valence-electron chi connectivity index (χ0n) is 8.64. The summed E-state index contributed by atoms with van der Waals surface area (Å²) in [5, 5.41) is 4.56. The molecule has 1 aromatic rings. The molecule has 2 rings (SSSR count). The van der Waals surface area contributed by atoms with Gasteiger partial charge in [0.2, 0.25) is 0 Å². The molecule has 1 aliphatic rings. The second kappa shape index (κ2) is 2.71. The quantitative estimate of drug-likeness (QED) is 0.786. The van der Waals surface area contributed by atoms with Crippen LogP contribution in [-0.2, 0) is 0 Å². The van der Waals surface area contributed by atoms with E-state index < -0.39 is 0 Å². The van der Waals surface area contributed by atoms with Gasteiger partial charge < -0.3 is 5.32 Å². The average molecular weight is 196 g/mol. The number of aromatic nitrogens is 1. The van der Waals surface area contributed by atoms with Crippen LogP contribution in [0, 0.1) is 19.3 Å². The van der Waals surface area contributed by atoms with E-state index in [1.165, 1.54) is 11.3 Å². The number of hydrogen-bond donors (Lipinski definition) is 1. The van der Waals surface area contributed by atoms with Crippen LogP contribution in [0.5, 0.6) is 0 Å². The van der Waals surface area contributed by atoms with Crippen LogP contribution in [-0.4, -0.2) is 11.0 Å². The van der Waals surface area contributed by atoms with Gasteiger partial charge in [-0.05, 0) is 25.7 Å². The Morgan fingerprint density at radius 2 is 2.08 bits per heavy atom. The molecule has 0 amide bonds. The van der Waals surface area contributed by atoms with Crippen LogP contribution in [0.1, 0.15) is 30.8 Å². The lowest BCUT2D eigenvalue weighted by Gasteiger charge is -2.03. The molecule has 1 aliphatic carbocycles. The minimum absolute atomic E-state index is 0.480. The molecule has 1 unspecified atom stereocenters. The normalized spacial score (nSPS) is 24.5. The Labute approximate surface area is 83.4 Å². The summed E-state index contributed by atoms with van der Waals surface area (Å²) in [5.41, 5.74) is 1.64. The predicted octanol–water partition coefficient (Wildman–Crippen LogP) is 2.97. The van der Waals surface area contributed by atoms with Crippen molar-refractivity contribution in [2.45, 2.75) is 40.2 Å². The molecular weight excluding hydrogens is 180 g/mol. The zero-order valence-corrected chi connectivity index (χ0v) is 9.46. The standard InChI is InChI=1S/C10H16N2S/c1-6-7(2)13-9(11-6)12-8-5-10(8,3)4/h8H,5H2,1-4H3,(H,11,12). The van der Waals surface area contributed by atoms with Crippen molar-refractivity contribution in [2.75, 3.05) is 5.32 Å². The highest BCUT2D eigenvalue weighted by atomic mass is 32.1. The second-order valence-corrected chi connectivity index (χ2v) is 5.75. The van der Waals surface area contributed by atoms with Crippen LogP contribution in [0.2, 0.25) is 0 Å². The molecule has 0 spiro atoms. The van der Waals surface area contributed by atoms with Crippen molar-refractivity contribution < 1.29 is 0 Å². The first-order chi connectivity index (χ1) is 5.99. The third-order valence-corrected chi connectivity index (χ3v) is 3.84. The Balaban J connectivity index is 2.03. The summed E-state index contributed by atoms with van der Waals surface area (Å²) in [6, 6.07) is 0.637. The third-order valence-electron chi connectivity index (χ3n) is 2.84. The predicted molar refractivity (Wildman–Crippen MR) is 57.4 cm³/mol. The Morgan fingerprint density at radius 3 is 2.46 bits per heavy atom. The van der Waals surface area contributed by atoms with Gasteiger partial charge in [0, 0.05) is 10.9 Å². The maximum atomic E-state index is 4.46. The summed E-state index contributed by atoms with van der Waals surface area (Å²) < 4.78 is 0. The summed E-state index contributed by atoms with van der Waals surface area (Å²) in [5.74, 6) is 0. The Morgan fingerprint density at radius 1 is 1.46 bits per heavy atom. The lowest BCUT2D eigenvalue weighted by atomic mass is 10.2. The Bertz CT molecular complexity index is 308. The SMILES string of the molecule is Cc1nc(NC2CC2(C)C)sc1C. The maximum Gasteiger partial charge on any atom is 0.183 e. The van der Waals surface area contributed by atoms with Crippen LogP contribution >= 0.6 is 11.3 Å². The monoisotopic (exact) mass is 196 g/mol. The van der Waals surface area contributed by atoms with E-state index >= 15 is 0 Å². The highest BCUT2D eigenvalue weighted by molar-refractivity contribution is 7.15. The lowest BCUT2D eigenvalue weighted by Crippen LogP contribution is -2.07. The van der Waals surface area contributed by atoms with E-state index in [4.69, 9.17) is 0 Å². The smallest absolute Gasteiger partial charge is 0.183 e. The molecule has 1 atom stereocenters. The van der Waals surface area contributed by atoms with Crippen LogP contribution < -0.4 is 5.32 Å². The molecule has 0 aromatic carbocycles. The van der Waals surface area contributed by atoms with Gasteiger partial charge in [-0.1, -0.05) is 13.8 Å². The number of nitrogens with zero attached hydrogens (tertiary/aromatic N) is 1. The fraction of sp³-hybridized carbons (Fsp3) is 0.700.